The van der Waals surface area contributed by atoms with E-state index in [4.69, 9.17) is 14.2 Å². The molecular weight excluding hydrogens is 356 g/mol. The van der Waals surface area contributed by atoms with Crippen LogP contribution in [0.4, 0.5) is 11.4 Å². The highest BCUT2D eigenvalue weighted by Crippen LogP contribution is 2.30. The maximum Gasteiger partial charge on any atom is 0.243 e. The Bertz CT molecular complexity index is 929. The van der Waals surface area contributed by atoms with Gasteiger partial charge in [0.15, 0.2) is 5.75 Å². The molecule has 3 aromatic rings. The van der Waals surface area contributed by atoms with Gasteiger partial charge in [0.1, 0.15) is 17.2 Å². The molecular formula is C22H22N2O4. The van der Waals surface area contributed by atoms with E-state index in [1.807, 2.05) is 48.5 Å². The molecule has 0 saturated carbocycles. The summed E-state index contributed by atoms with van der Waals surface area (Å²) in [5, 5.41) is 5.94. The van der Waals surface area contributed by atoms with Crippen LogP contribution in [-0.2, 0) is 4.79 Å². The van der Waals surface area contributed by atoms with E-state index >= 15 is 0 Å². The molecule has 3 aromatic carbocycles. The standard InChI is InChI=1S/C22H22N2O4/c1-26-17-12-13-18(21(14-17)27-2)23-15-22(25)24-19-10-6-7-11-20(19)28-16-8-4-3-5-9-16/h3-14,23H,15H2,1-2H3,(H,24,25). The van der Waals surface area contributed by atoms with E-state index in [-0.39, 0.29) is 12.5 Å². The normalized spacial score (nSPS) is 10.1. The first kappa shape index (κ1) is 19.1. The third kappa shape index (κ3) is 4.94. The number of carbonyl (C=O) groups is 1. The van der Waals surface area contributed by atoms with E-state index in [2.05, 4.69) is 10.6 Å². The van der Waals surface area contributed by atoms with Gasteiger partial charge < -0.3 is 24.8 Å². The Balaban J connectivity index is 1.64. The minimum absolute atomic E-state index is 0.0718. The molecule has 2 N–H and O–H groups in total. The maximum atomic E-state index is 12.4. The second kappa shape index (κ2) is 9.32. The molecule has 0 aliphatic carbocycles. The van der Waals surface area contributed by atoms with Crippen molar-refractivity contribution >= 4 is 17.3 Å². The molecule has 0 aromatic heterocycles. The van der Waals surface area contributed by atoms with Gasteiger partial charge in [-0.2, -0.15) is 0 Å². The largest absolute Gasteiger partial charge is 0.497 e. The Kier molecular flexibility index (Phi) is 6.36. The third-order valence-electron chi connectivity index (χ3n) is 3.98. The van der Waals surface area contributed by atoms with Crippen LogP contribution in [0.5, 0.6) is 23.0 Å². The quantitative estimate of drug-likeness (QED) is 0.602. The second-order valence-corrected chi connectivity index (χ2v) is 5.88. The Morgan fingerprint density at radius 2 is 1.54 bits per heavy atom. The van der Waals surface area contributed by atoms with Gasteiger partial charge in [0.25, 0.3) is 0 Å². The SMILES string of the molecule is COc1ccc(NCC(=O)Nc2ccccc2Oc2ccccc2)c(OC)c1. The van der Waals surface area contributed by atoms with Crippen LogP contribution in [0.1, 0.15) is 0 Å². The van der Waals surface area contributed by atoms with Crippen LogP contribution in [-0.4, -0.2) is 26.7 Å². The summed E-state index contributed by atoms with van der Waals surface area (Å²) >= 11 is 0. The Labute approximate surface area is 164 Å². The highest BCUT2D eigenvalue weighted by Gasteiger charge is 2.10. The number of amides is 1. The van der Waals surface area contributed by atoms with Crippen molar-refractivity contribution < 1.29 is 19.0 Å². The summed E-state index contributed by atoms with van der Waals surface area (Å²) in [6, 6.07) is 22.1. The average molecular weight is 378 g/mol. The summed E-state index contributed by atoms with van der Waals surface area (Å²) < 4.78 is 16.4. The minimum atomic E-state index is -0.206. The van der Waals surface area contributed by atoms with E-state index in [1.54, 1.807) is 38.5 Å². The van der Waals surface area contributed by atoms with Crippen LogP contribution in [0.3, 0.4) is 0 Å². The molecule has 0 saturated heterocycles. The van der Waals surface area contributed by atoms with Crippen molar-refractivity contribution in [2.24, 2.45) is 0 Å². The van der Waals surface area contributed by atoms with Crippen LogP contribution < -0.4 is 24.8 Å². The van der Waals surface area contributed by atoms with Crippen LogP contribution in [0.25, 0.3) is 0 Å². The van der Waals surface area contributed by atoms with E-state index in [1.165, 1.54) is 0 Å². The van der Waals surface area contributed by atoms with Crippen molar-refractivity contribution in [1.29, 1.82) is 0 Å². The topological polar surface area (TPSA) is 68.8 Å². The molecule has 0 bridgehead atoms. The molecule has 1 amide bonds. The predicted molar refractivity (Wildman–Crippen MR) is 110 cm³/mol. The van der Waals surface area contributed by atoms with E-state index in [0.29, 0.717) is 34.4 Å². The van der Waals surface area contributed by atoms with Gasteiger partial charge in [0.2, 0.25) is 5.91 Å². The lowest BCUT2D eigenvalue weighted by atomic mass is 10.2. The molecule has 6 nitrogen and oxygen atoms in total. The summed E-state index contributed by atoms with van der Waals surface area (Å²) in [6.07, 6.45) is 0. The molecule has 28 heavy (non-hydrogen) atoms. The molecule has 0 aliphatic rings. The first-order valence-corrected chi connectivity index (χ1v) is 8.77. The fourth-order valence-corrected chi connectivity index (χ4v) is 2.59. The fraction of sp³-hybridized carbons (Fsp3) is 0.136. The van der Waals surface area contributed by atoms with Gasteiger partial charge in [-0.15, -0.1) is 0 Å². The lowest BCUT2D eigenvalue weighted by molar-refractivity contribution is -0.114. The summed E-state index contributed by atoms with van der Waals surface area (Å²) in [7, 11) is 3.15. The minimum Gasteiger partial charge on any atom is -0.497 e. The number of ether oxygens (including phenoxy) is 3. The van der Waals surface area contributed by atoms with Gasteiger partial charge in [0.05, 0.1) is 32.1 Å². The lowest BCUT2D eigenvalue weighted by Crippen LogP contribution is -2.22. The number of benzene rings is 3. The number of nitrogens with one attached hydrogen (secondary N) is 2. The van der Waals surface area contributed by atoms with Gasteiger partial charge in [-0.05, 0) is 36.4 Å². The van der Waals surface area contributed by atoms with Crippen molar-refractivity contribution in [3.05, 3.63) is 72.8 Å². The molecule has 3 rings (SSSR count). The van der Waals surface area contributed by atoms with E-state index in [9.17, 15) is 4.79 Å². The van der Waals surface area contributed by atoms with Crippen molar-refractivity contribution in [3.63, 3.8) is 0 Å². The summed E-state index contributed by atoms with van der Waals surface area (Å²) in [5.74, 6) is 2.34. The summed E-state index contributed by atoms with van der Waals surface area (Å²) in [6.45, 7) is 0.0718. The number of hydrogen-bond donors (Lipinski definition) is 2. The number of para-hydroxylation sites is 3. The number of rotatable bonds is 8. The lowest BCUT2D eigenvalue weighted by Gasteiger charge is -2.14. The van der Waals surface area contributed by atoms with E-state index in [0.717, 1.165) is 0 Å². The van der Waals surface area contributed by atoms with Gasteiger partial charge in [-0.25, -0.2) is 0 Å². The highest BCUT2D eigenvalue weighted by atomic mass is 16.5. The molecule has 0 aliphatic heterocycles. The molecule has 0 spiro atoms. The van der Waals surface area contributed by atoms with Crippen LogP contribution in [0, 0.1) is 0 Å². The summed E-state index contributed by atoms with van der Waals surface area (Å²) in [4.78, 5) is 12.4. The van der Waals surface area contributed by atoms with Gasteiger partial charge in [-0.3, -0.25) is 4.79 Å². The maximum absolute atomic E-state index is 12.4. The van der Waals surface area contributed by atoms with Crippen LogP contribution in [0.2, 0.25) is 0 Å². The van der Waals surface area contributed by atoms with Crippen molar-refractivity contribution in [3.8, 4) is 23.0 Å². The highest BCUT2D eigenvalue weighted by molar-refractivity contribution is 5.95. The zero-order chi connectivity index (χ0) is 19.8. The summed E-state index contributed by atoms with van der Waals surface area (Å²) in [5.41, 5.74) is 1.30. The predicted octanol–water partition coefficient (Wildman–Crippen LogP) is 4.55. The first-order valence-electron chi connectivity index (χ1n) is 8.77. The smallest absolute Gasteiger partial charge is 0.243 e. The molecule has 0 fully saturated rings. The number of anilines is 2. The van der Waals surface area contributed by atoms with Gasteiger partial charge >= 0.3 is 0 Å². The zero-order valence-electron chi connectivity index (χ0n) is 15.8. The number of methoxy groups -OCH3 is 2. The number of carbonyl (C=O) groups excluding carboxylic acids is 1. The Morgan fingerprint density at radius 3 is 2.29 bits per heavy atom. The molecule has 0 atom stereocenters. The van der Waals surface area contributed by atoms with Gasteiger partial charge in [0, 0.05) is 6.07 Å². The van der Waals surface area contributed by atoms with E-state index < -0.39 is 0 Å². The zero-order valence-corrected chi connectivity index (χ0v) is 15.8. The molecule has 0 heterocycles. The monoisotopic (exact) mass is 378 g/mol. The van der Waals surface area contributed by atoms with Crippen molar-refractivity contribution in [1.82, 2.24) is 0 Å². The van der Waals surface area contributed by atoms with Crippen molar-refractivity contribution in [2.45, 2.75) is 0 Å². The fourth-order valence-electron chi connectivity index (χ4n) is 2.59. The molecule has 6 heteroatoms. The Hall–Kier alpha value is -3.67. The van der Waals surface area contributed by atoms with Gasteiger partial charge in [-0.1, -0.05) is 30.3 Å². The molecule has 144 valence electrons. The average Bonchev–Trinajstić information content (AvgIpc) is 2.74. The first-order chi connectivity index (χ1) is 13.7. The number of hydrogen-bond acceptors (Lipinski definition) is 5. The van der Waals surface area contributed by atoms with Crippen LogP contribution >= 0.6 is 0 Å². The van der Waals surface area contributed by atoms with Crippen LogP contribution in [0.15, 0.2) is 72.8 Å². The second-order valence-electron chi connectivity index (χ2n) is 5.88. The van der Waals surface area contributed by atoms with Crippen molar-refractivity contribution in [2.75, 3.05) is 31.4 Å². The molecule has 0 unspecified atom stereocenters. The third-order valence-corrected chi connectivity index (χ3v) is 3.98. The Morgan fingerprint density at radius 1 is 0.786 bits per heavy atom. The molecule has 0 radical (unpaired) electrons.